The number of aromatic nitrogens is 2. The van der Waals surface area contributed by atoms with E-state index in [-0.39, 0.29) is 11.7 Å². The van der Waals surface area contributed by atoms with Crippen molar-refractivity contribution in [3.05, 3.63) is 71.2 Å². The summed E-state index contributed by atoms with van der Waals surface area (Å²) in [5.74, 6) is -0.194. The third-order valence-corrected chi connectivity index (χ3v) is 4.94. The molecule has 24 heavy (non-hydrogen) atoms. The van der Waals surface area contributed by atoms with Crippen molar-refractivity contribution in [2.24, 2.45) is 4.99 Å². The first-order valence-electron chi connectivity index (χ1n) is 8.09. The summed E-state index contributed by atoms with van der Waals surface area (Å²) in [6.45, 7) is 6.08. The Labute approximate surface area is 140 Å². The summed E-state index contributed by atoms with van der Waals surface area (Å²) < 4.78 is 14.5. The van der Waals surface area contributed by atoms with E-state index in [1.54, 1.807) is 6.07 Å². The number of halogens is 1. The van der Waals surface area contributed by atoms with Gasteiger partial charge >= 0.3 is 0 Å². The Balaban J connectivity index is 1.97. The van der Waals surface area contributed by atoms with E-state index in [0.29, 0.717) is 17.0 Å². The number of hydrogen-bond acceptors (Lipinski definition) is 3. The molecule has 0 saturated heterocycles. The monoisotopic (exact) mass is 319 g/mol. The van der Waals surface area contributed by atoms with Crippen LogP contribution in [-0.2, 0) is 0 Å². The van der Waals surface area contributed by atoms with E-state index in [1.807, 2.05) is 57.2 Å². The van der Waals surface area contributed by atoms with Gasteiger partial charge in [0.2, 0.25) is 0 Å². The lowest BCUT2D eigenvalue weighted by molar-refractivity contribution is 0.417. The van der Waals surface area contributed by atoms with Gasteiger partial charge in [0.05, 0.1) is 16.8 Å². The molecule has 1 unspecified atom stereocenters. The van der Waals surface area contributed by atoms with E-state index in [2.05, 4.69) is 10.2 Å². The van der Waals surface area contributed by atoms with Crippen molar-refractivity contribution in [2.75, 3.05) is 0 Å². The van der Waals surface area contributed by atoms with Crippen molar-refractivity contribution in [3.63, 3.8) is 0 Å². The largest absolute Gasteiger partial charge is 0.276 e. The predicted octanol–water partition coefficient (Wildman–Crippen LogP) is 4.50. The fourth-order valence-corrected chi connectivity index (χ4v) is 3.28. The predicted molar refractivity (Wildman–Crippen MR) is 94.1 cm³/mol. The van der Waals surface area contributed by atoms with Crippen LogP contribution in [0.1, 0.15) is 43.5 Å². The summed E-state index contributed by atoms with van der Waals surface area (Å²) in [7, 11) is 0. The van der Waals surface area contributed by atoms with Crippen LogP contribution in [0.25, 0.3) is 10.9 Å². The minimum Gasteiger partial charge on any atom is -0.276 e. The highest BCUT2D eigenvalue weighted by Gasteiger charge is 2.36. The summed E-state index contributed by atoms with van der Waals surface area (Å²) in [4.78, 5) is 4.90. The first-order chi connectivity index (χ1) is 11.5. The minimum absolute atomic E-state index is 0.00846. The lowest BCUT2D eigenvalue weighted by Crippen LogP contribution is -2.34. The lowest BCUT2D eigenvalue weighted by Gasteiger charge is -2.35. The Morgan fingerprint density at radius 3 is 2.62 bits per heavy atom. The van der Waals surface area contributed by atoms with Crippen molar-refractivity contribution in [1.82, 2.24) is 10.2 Å². The molecule has 4 rings (SSSR count). The molecular formula is C20H18FN3. The molecule has 0 bridgehead atoms. The Morgan fingerprint density at radius 1 is 1.00 bits per heavy atom. The molecule has 0 saturated carbocycles. The number of hydrogen-bond donors (Lipinski definition) is 0. The van der Waals surface area contributed by atoms with Crippen molar-refractivity contribution in [1.29, 1.82) is 0 Å². The number of rotatable bonds is 1. The molecule has 4 heteroatoms. The van der Waals surface area contributed by atoms with E-state index in [4.69, 9.17) is 4.99 Å². The highest BCUT2D eigenvalue weighted by atomic mass is 19.1. The molecule has 3 nitrogen and oxygen atoms in total. The molecule has 0 radical (unpaired) electrons. The second-order valence-electron chi connectivity index (χ2n) is 6.83. The van der Waals surface area contributed by atoms with Crippen molar-refractivity contribution in [3.8, 4) is 0 Å². The zero-order valence-electron chi connectivity index (χ0n) is 13.9. The molecule has 1 aromatic heterocycles. The quantitative estimate of drug-likeness (QED) is 0.662. The van der Waals surface area contributed by atoms with E-state index in [9.17, 15) is 4.39 Å². The van der Waals surface area contributed by atoms with E-state index >= 15 is 0 Å². The van der Waals surface area contributed by atoms with Gasteiger partial charge in [-0.25, -0.2) is 4.39 Å². The summed E-state index contributed by atoms with van der Waals surface area (Å²) in [5.41, 5.74) is 3.35. The zero-order chi connectivity index (χ0) is 16.9. The van der Waals surface area contributed by atoms with Gasteiger partial charge in [0, 0.05) is 22.4 Å². The molecule has 2 aromatic carbocycles. The van der Waals surface area contributed by atoms with Crippen LogP contribution in [-0.4, -0.2) is 21.4 Å². The van der Waals surface area contributed by atoms with Crippen molar-refractivity contribution in [2.45, 2.75) is 32.2 Å². The van der Waals surface area contributed by atoms with Crippen LogP contribution in [0.4, 0.5) is 4.39 Å². The van der Waals surface area contributed by atoms with Gasteiger partial charge in [-0.1, -0.05) is 37.3 Å². The maximum absolute atomic E-state index is 14.5. The molecule has 0 N–H and O–H groups in total. The molecule has 1 aliphatic rings. The van der Waals surface area contributed by atoms with Crippen LogP contribution >= 0.6 is 0 Å². The van der Waals surface area contributed by atoms with E-state index < -0.39 is 5.54 Å². The molecule has 3 aromatic rings. The number of fused-ring (bicyclic) bond motifs is 2. The van der Waals surface area contributed by atoms with Crippen LogP contribution in [0.3, 0.4) is 0 Å². The van der Waals surface area contributed by atoms with Crippen LogP contribution in [0.15, 0.2) is 53.5 Å². The molecule has 120 valence electrons. The lowest BCUT2D eigenvalue weighted by atomic mass is 9.77. The van der Waals surface area contributed by atoms with Gasteiger partial charge in [0.25, 0.3) is 0 Å². The first-order valence-corrected chi connectivity index (χ1v) is 8.09. The smallest absolute Gasteiger partial charge is 0.127 e. The molecule has 0 amide bonds. The van der Waals surface area contributed by atoms with E-state index in [0.717, 1.165) is 16.5 Å². The summed E-state index contributed by atoms with van der Waals surface area (Å²) in [6, 6.07) is 15.0. The maximum Gasteiger partial charge on any atom is 0.127 e. The molecular weight excluding hydrogens is 301 g/mol. The van der Waals surface area contributed by atoms with Crippen molar-refractivity contribution < 1.29 is 4.39 Å². The number of aliphatic imine (C=N–C) groups is 1. The van der Waals surface area contributed by atoms with Gasteiger partial charge < -0.3 is 0 Å². The molecule has 0 aliphatic carbocycles. The Bertz CT molecular complexity index is 976. The molecule has 1 aliphatic heterocycles. The third-order valence-electron chi connectivity index (χ3n) is 4.94. The van der Waals surface area contributed by atoms with Gasteiger partial charge in [0.1, 0.15) is 11.5 Å². The Hall–Kier alpha value is -2.62. The van der Waals surface area contributed by atoms with Crippen LogP contribution in [0.2, 0.25) is 0 Å². The van der Waals surface area contributed by atoms with Gasteiger partial charge in [-0.15, -0.1) is 10.2 Å². The third kappa shape index (κ3) is 2.21. The Kier molecular flexibility index (Phi) is 3.23. The fraction of sp³-hybridized carbons (Fsp3) is 0.250. The van der Waals surface area contributed by atoms with Gasteiger partial charge in [-0.2, -0.15) is 0 Å². The fourth-order valence-electron chi connectivity index (χ4n) is 3.28. The molecule has 2 heterocycles. The molecule has 0 fully saturated rings. The molecule has 0 spiro atoms. The van der Waals surface area contributed by atoms with E-state index in [1.165, 1.54) is 6.07 Å². The summed E-state index contributed by atoms with van der Waals surface area (Å²) in [5, 5.41) is 9.64. The van der Waals surface area contributed by atoms with Gasteiger partial charge in [-0.05, 0) is 32.0 Å². The SMILES string of the molecule is CC1c2c(F)cccc2C(c2cc3ccccc3nn2)=NC1(C)C. The zero-order valence-corrected chi connectivity index (χ0v) is 13.9. The highest BCUT2D eigenvalue weighted by Crippen LogP contribution is 2.40. The minimum atomic E-state index is -0.405. The summed E-state index contributed by atoms with van der Waals surface area (Å²) in [6.07, 6.45) is 0. The van der Waals surface area contributed by atoms with Crippen molar-refractivity contribution >= 4 is 16.6 Å². The van der Waals surface area contributed by atoms with Crippen LogP contribution in [0.5, 0.6) is 0 Å². The van der Waals surface area contributed by atoms with Gasteiger partial charge in [0.15, 0.2) is 0 Å². The standard InChI is InChI=1S/C20H18FN3/c1-12-18-14(8-6-9-15(18)21)19(22-20(12,2)3)17-11-13-7-4-5-10-16(13)23-24-17/h4-12H,1-3H3. The first kappa shape index (κ1) is 14.9. The Morgan fingerprint density at radius 2 is 1.79 bits per heavy atom. The average Bonchev–Trinajstić information content (AvgIpc) is 2.58. The number of nitrogens with zero attached hydrogens (tertiary/aromatic N) is 3. The normalized spacial score (nSPS) is 19.0. The highest BCUT2D eigenvalue weighted by molar-refractivity contribution is 6.14. The van der Waals surface area contributed by atoms with Gasteiger partial charge in [-0.3, -0.25) is 4.99 Å². The number of benzene rings is 2. The molecule has 1 atom stereocenters. The average molecular weight is 319 g/mol. The summed E-state index contributed by atoms with van der Waals surface area (Å²) >= 11 is 0. The van der Waals surface area contributed by atoms with Crippen LogP contribution in [0, 0.1) is 5.82 Å². The van der Waals surface area contributed by atoms with Crippen LogP contribution < -0.4 is 0 Å². The second kappa shape index (κ2) is 5.20. The topological polar surface area (TPSA) is 38.1 Å². The maximum atomic E-state index is 14.5. The second-order valence-corrected chi connectivity index (χ2v) is 6.83.